The predicted molar refractivity (Wildman–Crippen MR) is 80.0 cm³/mol. The number of hydrogen-bond donors (Lipinski definition) is 2. The van der Waals surface area contributed by atoms with E-state index in [4.69, 9.17) is 4.74 Å². The maximum absolute atomic E-state index is 12.1. The number of phenolic OH excluding ortho intramolecular Hbond substituents is 1. The molecular formula is C16H14F3NO4. The SMILES string of the molecule is CC(Oc1ccc(O)cc1)C(=O)Nc1ccc(OC(F)(F)F)cc1. The van der Waals surface area contributed by atoms with Gasteiger partial charge in [0.2, 0.25) is 0 Å². The number of alkyl halides is 3. The number of halogens is 3. The summed E-state index contributed by atoms with van der Waals surface area (Å²) in [6.45, 7) is 1.52. The number of rotatable bonds is 5. The van der Waals surface area contributed by atoms with Crippen LogP contribution in [0, 0.1) is 0 Å². The molecular weight excluding hydrogens is 327 g/mol. The minimum atomic E-state index is -4.77. The fraction of sp³-hybridized carbons (Fsp3) is 0.188. The number of amides is 1. The zero-order valence-corrected chi connectivity index (χ0v) is 12.5. The number of aromatic hydroxyl groups is 1. The van der Waals surface area contributed by atoms with E-state index in [9.17, 15) is 23.1 Å². The highest BCUT2D eigenvalue weighted by Crippen LogP contribution is 2.24. The van der Waals surface area contributed by atoms with Crippen LogP contribution in [0.3, 0.4) is 0 Å². The molecule has 0 radical (unpaired) electrons. The van der Waals surface area contributed by atoms with E-state index in [1.54, 1.807) is 0 Å². The van der Waals surface area contributed by atoms with Crippen LogP contribution in [0.15, 0.2) is 48.5 Å². The monoisotopic (exact) mass is 341 g/mol. The Morgan fingerprint density at radius 3 is 2.12 bits per heavy atom. The Kier molecular flexibility index (Phi) is 5.18. The third-order valence-corrected chi connectivity index (χ3v) is 2.87. The topological polar surface area (TPSA) is 67.8 Å². The highest BCUT2D eigenvalue weighted by atomic mass is 19.4. The average Bonchev–Trinajstić information content (AvgIpc) is 2.50. The first kappa shape index (κ1) is 17.5. The number of nitrogens with one attached hydrogen (secondary N) is 1. The van der Waals surface area contributed by atoms with Gasteiger partial charge in [0.1, 0.15) is 17.2 Å². The van der Waals surface area contributed by atoms with E-state index >= 15 is 0 Å². The van der Waals surface area contributed by atoms with Gasteiger partial charge in [-0.15, -0.1) is 13.2 Å². The standard InChI is InChI=1S/C16H14F3NO4/c1-10(23-13-8-4-12(21)5-9-13)15(22)20-11-2-6-14(7-3-11)24-16(17,18)19/h2-10,21H,1H3,(H,20,22). The van der Waals surface area contributed by atoms with E-state index < -0.39 is 18.4 Å². The molecule has 0 fully saturated rings. The van der Waals surface area contributed by atoms with Gasteiger partial charge < -0.3 is 19.9 Å². The summed E-state index contributed by atoms with van der Waals surface area (Å²) < 4.78 is 45.3. The number of ether oxygens (including phenoxy) is 2. The zero-order valence-electron chi connectivity index (χ0n) is 12.5. The molecule has 2 aromatic carbocycles. The molecule has 0 aliphatic heterocycles. The van der Waals surface area contributed by atoms with Crippen LogP contribution in [0.25, 0.3) is 0 Å². The molecule has 2 aromatic rings. The van der Waals surface area contributed by atoms with Crippen LogP contribution in [0.1, 0.15) is 6.92 Å². The van der Waals surface area contributed by atoms with Crippen molar-refractivity contribution in [2.75, 3.05) is 5.32 Å². The van der Waals surface area contributed by atoms with Gasteiger partial charge in [0.15, 0.2) is 6.10 Å². The van der Waals surface area contributed by atoms with E-state index in [-0.39, 0.29) is 11.5 Å². The Labute approximate surface area is 135 Å². The summed E-state index contributed by atoms with van der Waals surface area (Å²) in [6.07, 6.45) is -5.61. The molecule has 2 N–H and O–H groups in total. The fourth-order valence-electron chi connectivity index (χ4n) is 1.77. The van der Waals surface area contributed by atoms with Gasteiger partial charge in [0.25, 0.3) is 5.91 Å². The van der Waals surface area contributed by atoms with E-state index in [2.05, 4.69) is 10.1 Å². The van der Waals surface area contributed by atoms with Crippen molar-refractivity contribution in [1.82, 2.24) is 0 Å². The van der Waals surface area contributed by atoms with Gasteiger partial charge in [-0.3, -0.25) is 4.79 Å². The lowest BCUT2D eigenvalue weighted by Gasteiger charge is -2.15. The molecule has 5 nitrogen and oxygen atoms in total. The van der Waals surface area contributed by atoms with Gasteiger partial charge in [-0.1, -0.05) is 0 Å². The van der Waals surface area contributed by atoms with E-state index in [0.717, 1.165) is 12.1 Å². The molecule has 0 aliphatic carbocycles. The highest BCUT2D eigenvalue weighted by Gasteiger charge is 2.31. The number of phenols is 1. The van der Waals surface area contributed by atoms with Crippen LogP contribution in [0.4, 0.5) is 18.9 Å². The van der Waals surface area contributed by atoms with Gasteiger partial charge >= 0.3 is 6.36 Å². The predicted octanol–water partition coefficient (Wildman–Crippen LogP) is 3.70. The minimum absolute atomic E-state index is 0.0700. The molecule has 0 aromatic heterocycles. The van der Waals surface area contributed by atoms with Crippen molar-refractivity contribution in [2.24, 2.45) is 0 Å². The molecule has 0 saturated carbocycles. The van der Waals surface area contributed by atoms with E-state index in [0.29, 0.717) is 11.4 Å². The van der Waals surface area contributed by atoms with Crippen LogP contribution < -0.4 is 14.8 Å². The molecule has 0 bridgehead atoms. The molecule has 24 heavy (non-hydrogen) atoms. The molecule has 8 heteroatoms. The summed E-state index contributed by atoms with van der Waals surface area (Å²) in [4.78, 5) is 12.0. The Hall–Kier alpha value is -2.90. The van der Waals surface area contributed by atoms with Crippen molar-refractivity contribution in [1.29, 1.82) is 0 Å². The van der Waals surface area contributed by atoms with Crippen LogP contribution in [-0.4, -0.2) is 23.5 Å². The number of hydrogen-bond acceptors (Lipinski definition) is 4. The van der Waals surface area contributed by atoms with Gasteiger partial charge in [0, 0.05) is 5.69 Å². The summed E-state index contributed by atoms with van der Waals surface area (Å²) in [5.74, 6) is -0.397. The highest BCUT2D eigenvalue weighted by molar-refractivity contribution is 5.94. The van der Waals surface area contributed by atoms with Crippen LogP contribution in [0.5, 0.6) is 17.2 Å². The summed E-state index contributed by atoms with van der Waals surface area (Å²) >= 11 is 0. The first-order valence-electron chi connectivity index (χ1n) is 6.85. The minimum Gasteiger partial charge on any atom is -0.508 e. The number of anilines is 1. The molecule has 0 heterocycles. The van der Waals surface area contributed by atoms with Gasteiger partial charge in [-0.05, 0) is 55.5 Å². The zero-order chi connectivity index (χ0) is 17.7. The second-order valence-electron chi connectivity index (χ2n) is 4.82. The van der Waals surface area contributed by atoms with Crippen molar-refractivity contribution in [3.63, 3.8) is 0 Å². The lowest BCUT2D eigenvalue weighted by Crippen LogP contribution is -2.30. The number of benzene rings is 2. The summed E-state index contributed by atoms with van der Waals surface area (Å²) in [7, 11) is 0. The summed E-state index contributed by atoms with van der Waals surface area (Å²) in [5.41, 5.74) is 0.302. The molecule has 128 valence electrons. The Morgan fingerprint density at radius 2 is 1.58 bits per heavy atom. The van der Waals surface area contributed by atoms with Crippen LogP contribution in [-0.2, 0) is 4.79 Å². The molecule has 2 rings (SSSR count). The van der Waals surface area contributed by atoms with E-state index in [1.807, 2.05) is 0 Å². The van der Waals surface area contributed by atoms with E-state index in [1.165, 1.54) is 43.3 Å². The third kappa shape index (κ3) is 5.38. The molecule has 1 unspecified atom stereocenters. The van der Waals surface area contributed by atoms with Crippen molar-refractivity contribution in [3.05, 3.63) is 48.5 Å². The van der Waals surface area contributed by atoms with Crippen molar-refractivity contribution < 1.29 is 32.5 Å². The quantitative estimate of drug-likeness (QED) is 0.870. The van der Waals surface area contributed by atoms with Gasteiger partial charge in [-0.2, -0.15) is 0 Å². The first-order valence-corrected chi connectivity index (χ1v) is 6.85. The Morgan fingerprint density at radius 1 is 1.04 bits per heavy atom. The molecule has 0 spiro atoms. The Bertz CT molecular complexity index is 684. The normalized spacial score (nSPS) is 12.3. The largest absolute Gasteiger partial charge is 0.573 e. The van der Waals surface area contributed by atoms with Crippen molar-refractivity contribution >= 4 is 11.6 Å². The maximum atomic E-state index is 12.1. The maximum Gasteiger partial charge on any atom is 0.573 e. The lowest BCUT2D eigenvalue weighted by molar-refractivity contribution is -0.274. The summed E-state index contributed by atoms with van der Waals surface area (Å²) in [6, 6.07) is 10.6. The number of carbonyl (C=O) groups is 1. The van der Waals surface area contributed by atoms with Crippen molar-refractivity contribution in [3.8, 4) is 17.2 Å². The smallest absolute Gasteiger partial charge is 0.508 e. The second kappa shape index (κ2) is 7.12. The molecule has 1 atom stereocenters. The second-order valence-corrected chi connectivity index (χ2v) is 4.82. The average molecular weight is 341 g/mol. The van der Waals surface area contributed by atoms with Gasteiger partial charge in [-0.25, -0.2) is 0 Å². The van der Waals surface area contributed by atoms with Crippen molar-refractivity contribution in [2.45, 2.75) is 19.4 Å². The van der Waals surface area contributed by atoms with Crippen LogP contribution in [0.2, 0.25) is 0 Å². The van der Waals surface area contributed by atoms with Crippen LogP contribution >= 0.6 is 0 Å². The Balaban J connectivity index is 1.92. The van der Waals surface area contributed by atoms with Gasteiger partial charge in [0.05, 0.1) is 0 Å². The lowest BCUT2D eigenvalue weighted by atomic mass is 10.2. The summed E-state index contributed by atoms with van der Waals surface area (Å²) in [5, 5.41) is 11.7. The molecule has 0 saturated heterocycles. The number of carbonyl (C=O) groups excluding carboxylic acids is 1. The molecule has 0 aliphatic rings. The fourth-order valence-corrected chi connectivity index (χ4v) is 1.77. The third-order valence-electron chi connectivity index (χ3n) is 2.87. The first-order chi connectivity index (χ1) is 11.2. The molecule has 1 amide bonds.